The molecule has 0 bridgehead atoms. The molecule has 1 N–H and O–H groups in total. The Morgan fingerprint density at radius 2 is 1.68 bits per heavy atom. The Bertz CT molecular complexity index is 761. The highest BCUT2D eigenvalue weighted by Crippen LogP contribution is 2.30. The van der Waals surface area contributed by atoms with Gasteiger partial charge < -0.3 is 14.8 Å². The molecular weight excluding hydrogens is 346 g/mol. The third kappa shape index (κ3) is 4.60. The van der Waals surface area contributed by atoms with Gasteiger partial charge in [0.1, 0.15) is 5.70 Å². The number of carbonyl (C=O) groups excluding carboxylic acids is 2. The van der Waals surface area contributed by atoms with Crippen LogP contribution in [0.5, 0.6) is 0 Å². The Morgan fingerprint density at radius 3 is 2.20 bits per heavy atom. The van der Waals surface area contributed by atoms with Crippen molar-refractivity contribution in [1.29, 1.82) is 0 Å². The van der Waals surface area contributed by atoms with Crippen LogP contribution >= 0.6 is 0 Å². The van der Waals surface area contributed by atoms with Crippen molar-refractivity contribution in [2.75, 3.05) is 19.5 Å². The lowest BCUT2D eigenvalue weighted by molar-refractivity contribution is -0.138. The second-order valence-corrected chi connectivity index (χ2v) is 7.90. The molecule has 1 fully saturated rings. The minimum absolute atomic E-state index is 0.110. The van der Waals surface area contributed by atoms with Gasteiger partial charge in [-0.25, -0.2) is 18.0 Å². The molecule has 2 rings (SSSR count). The van der Waals surface area contributed by atoms with Crippen molar-refractivity contribution in [1.82, 2.24) is 0 Å². The van der Waals surface area contributed by atoms with Crippen LogP contribution in [0.4, 0.5) is 5.69 Å². The summed E-state index contributed by atoms with van der Waals surface area (Å²) in [4.78, 5) is 23.3. The Hall–Kier alpha value is -2.35. The fraction of sp³-hybridized carbons (Fsp3) is 0.412. The van der Waals surface area contributed by atoms with Gasteiger partial charge in [0.2, 0.25) is 0 Å². The molecule has 0 spiro atoms. The number of anilines is 1. The largest absolute Gasteiger partial charge is 0.466 e. The zero-order valence-electron chi connectivity index (χ0n) is 14.2. The highest BCUT2D eigenvalue weighted by atomic mass is 32.2. The summed E-state index contributed by atoms with van der Waals surface area (Å²) < 4.78 is 34.2. The normalized spacial score (nSPS) is 15.7. The maximum atomic E-state index is 12.5. The monoisotopic (exact) mass is 367 g/mol. The Balaban J connectivity index is 2.19. The van der Waals surface area contributed by atoms with E-state index in [0.717, 1.165) is 18.9 Å². The van der Waals surface area contributed by atoms with Crippen LogP contribution in [0.1, 0.15) is 25.7 Å². The van der Waals surface area contributed by atoms with Crippen LogP contribution in [0.25, 0.3) is 0 Å². The highest BCUT2D eigenvalue weighted by molar-refractivity contribution is 7.92. The van der Waals surface area contributed by atoms with Crippen LogP contribution < -0.4 is 5.32 Å². The molecule has 7 nitrogen and oxygen atoms in total. The molecular formula is C17H21NO6S. The molecule has 0 heterocycles. The number of rotatable bonds is 6. The van der Waals surface area contributed by atoms with Crippen molar-refractivity contribution in [2.45, 2.75) is 35.8 Å². The maximum absolute atomic E-state index is 12.5. The number of esters is 2. The number of carbonyl (C=O) groups is 2. The second kappa shape index (κ2) is 8.15. The van der Waals surface area contributed by atoms with E-state index in [4.69, 9.17) is 0 Å². The van der Waals surface area contributed by atoms with Gasteiger partial charge in [-0.2, -0.15) is 0 Å². The summed E-state index contributed by atoms with van der Waals surface area (Å²) in [6.45, 7) is 0. The van der Waals surface area contributed by atoms with Crippen LogP contribution in [0.3, 0.4) is 0 Å². The van der Waals surface area contributed by atoms with Crippen molar-refractivity contribution in [3.05, 3.63) is 36.0 Å². The summed E-state index contributed by atoms with van der Waals surface area (Å²) in [5.74, 6) is -1.46. The molecule has 1 aliphatic rings. The number of benzene rings is 1. The van der Waals surface area contributed by atoms with E-state index in [2.05, 4.69) is 14.8 Å². The molecule has 25 heavy (non-hydrogen) atoms. The van der Waals surface area contributed by atoms with Crippen molar-refractivity contribution in [3.8, 4) is 0 Å². The lowest BCUT2D eigenvalue weighted by Crippen LogP contribution is -2.18. The zero-order valence-corrected chi connectivity index (χ0v) is 15.0. The number of hydrogen-bond donors (Lipinski definition) is 1. The molecule has 0 atom stereocenters. The average molecular weight is 367 g/mol. The van der Waals surface area contributed by atoms with Gasteiger partial charge in [0.05, 0.1) is 30.4 Å². The maximum Gasteiger partial charge on any atom is 0.354 e. The van der Waals surface area contributed by atoms with Crippen LogP contribution in [-0.4, -0.2) is 39.8 Å². The number of ether oxygens (including phenoxy) is 2. The number of hydrogen-bond acceptors (Lipinski definition) is 7. The van der Waals surface area contributed by atoms with E-state index >= 15 is 0 Å². The predicted molar refractivity (Wildman–Crippen MR) is 91.6 cm³/mol. The molecule has 0 aromatic heterocycles. The summed E-state index contributed by atoms with van der Waals surface area (Å²) in [5.41, 5.74) is 0.340. The molecule has 0 aliphatic heterocycles. The summed E-state index contributed by atoms with van der Waals surface area (Å²) in [6.07, 6.45) is 4.22. The molecule has 0 saturated heterocycles. The standard InChI is InChI=1S/C17H21NO6S/c1-23-16(19)11-15(17(20)24-2)18-12-7-9-14(10-8-12)25(21,22)13-5-3-4-6-13/h7-11,13,18H,3-6H2,1-2H3/b15-11+. The first-order valence-corrected chi connectivity index (χ1v) is 9.42. The van der Waals surface area contributed by atoms with E-state index in [1.165, 1.54) is 38.5 Å². The minimum atomic E-state index is -3.34. The molecule has 1 aromatic carbocycles. The molecule has 8 heteroatoms. The van der Waals surface area contributed by atoms with Gasteiger partial charge in [0, 0.05) is 5.69 Å². The predicted octanol–water partition coefficient (Wildman–Crippen LogP) is 2.04. The Morgan fingerprint density at radius 1 is 1.08 bits per heavy atom. The third-order valence-corrected chi connectivity index (χ3v) is 6.35. The molecule has 1 aliphatic carbocycles. The third-order valence-electron chi connectivity index (χ3n) is 4.07. The van der Waals surface area contributed by atoms with E-state index in [1.54, 1.807) is 0 Å². The minimum Gasteiger partial charge on any atom is -0.466 e. The molecule has 0 unspecified atom stereocenters. The molecule has 0 amide bonds. The summed E-state index contributed by atoms with van der Waals surface area (Å²) in [7, 11) is -0.958. The fourth-order valence-corrected chi connectivity index (χ4v) is 4.56. The lowest BCUT2D eigenvalue weighted by atomic mass is 10.3. The highest BCUT2D eigenvalue weighted by Gasteiger charge is 2.30. The van der Waals surface area contributed by atoms with E-state index in [0.29, 0.717) is 18.5 Å². The summed E-state index contributed by atoms with van der Waals surface area (Å²) >= 11 is 0. The van der Waals surface area contributed by atoms with Crippen LogP contribution in [0.2, 0.25) is 0 Å². The van der Waals surface area contributed by atoms with Crippen molar-refractivity contribution < 1.29 is 27.5 Å². The van der Waals surface area contributed by atoms with E-state index < -0.39 is 21.8 Å². The number of sulfone groups is 1. The van der Waals surface area contributed by atoms with E-state index in [9.17, 15) is 18.0 Å². The van der Waals surface area contributed by atoms with Crippen molar-refractivity contribution in [2.24, 2.45) is 0 Å². The molecule has 1 aromatic rings. The Labute approximate surface area is 146 Å². The lowest BCUT2D eigenvalue weighted by Gasteiger charge is -2.13. The quantitative estimate of drug-likeness (QED) is 0.607. The van der Waals surface area contributed by atoms with Gasteiger partial charge in [-0.1, -0.05) is 12.8 Å². The van der Waals surface area contributed by atoms with Crippen molar-refractivity contribution >= 4 is 27.5 Å². The second-order valence-electron chi connectivity index (χ2n) is 5.67. The average Bonchev–Trinajstić information content (AvgIpc) is 3.16. The van der Waals surface area contributed by atoms with Gasteiger partial charge in [-0.15, -0.1) is 0 Å². The van der Waals surface area contributed by atoms with E-state index in [1.807, 2.05) is 0 Å². The van der Waals surface area contributed by atoms with Crippen molar-refractivity contribution in [3.63, 3.8) is 0 Å². The topological polar surface area (TPSA) is 98.8 Å². The fourth-order valence-electron chi connectivity index (χ4n) is 2.71. The van der Waals surface area contributed by atoms with Gasteiger partial charge in [0.15, 0.2) is 9.84 Å². The molecule has 136 valence electrons. The zero-order chi connectivity index (χ0) is 18.4. The number of methoxy groups -OCH3 is 2. The molecule has 1 saturated carbocycles. The molecule has 0 radical (unpaired) electrons. The Kier molecular flexibility index (Phi) is 6.19. The van der Waals surface area contributed by atoms with Gasteiger partial charge in [-0.3, -0.25) is 0 Å². The first-order chi connectivity index (χ1) is 11.9. The van der Waals surface area contributed by atoms with Crippen LogP contribution in [0, 0.1) is 0 Å². The summed E-state index contributed by atoms with van der Waals surface area (Å²) in [5, 5.41) is 2.41. The number of nitrogens with one attached hydrogen (secondary N) is 1. The van der Waals surface area contributed by atoms with Crippen LogP contribution in [0.15, 0.2) is 40.9 Å². The first kappa shape index (κ1) is 19.0. The summed E-state index contributed by atoms with van der Waals surface area (Å²) in [6, 6.07) is 6.05. The van der Waals surface area contributed by atoms with Gasteiger partial charge in [0.25, 0.3) is 0 Å². The first-order valence-electron chi connectivity index (χ1n) is 7.87. The van der Waals surface area contributed by atoms with Crippen LogP contribution in [-0.2, 0) is 28.9 Å². The van der Waals surface area contributed by atoms with Gasteiger partial charge in [-0.05, 0) is 37.1 Å². The van der Waals surface area contributed by atoms with E-state index in [-0.39, 0.29) is 15.8 Å². The smallest absolute Gasteiger partial charge is 0.354 e. The van der Waals surface area contributed by atoms with Gasteiger partial charge >= 0.3 is 11.9 Å². The SMILES string of the molecule is COC(=O)/C=C(/Nc1ccc(S(=O)(=O)C2CCCC2)cc1)C(=O)OC.